The summed E-state index contributed by atoms with van der Waals surface area (Å²) in [7, 11) is 0. The summed E-state index contributed by atoms with van der Waals surface area (Å²) < 4.78 is 0. The third kappa shape index (κ3) is 3.92. The lowest BCUT2D eigenvalue weighted by Crippen LogP contribution is -2.47. The Morgan fingerprint density at radius 3 is 2.87 bits per heavy atom. The first-order valence-electron chi connectivity index (χ1n) is 7.51. The summed E-state index contributed by atoms with van der Waals surface area (Å²) in [5, 5.41) is 14.9. The maximum Gasteiger partial charge on any atom is 0.272 e. The second kappa shape index (κ2) is 7.16. The first-order chi connectivity index (χ1) is 11.2. The maximum absolute atomic E-state index is 12.3. The molecule has 1 saturated heterocycles. The van der Waals surface area contributed by atoms with E-state index in [1.165, 1.54) is 16.9 Å². The van der Waals surface area contributed by atoms with Crippen LogP contribution < -0.4 is 5.32 Å². The first kappa shape index (κ1) is 16.0. The predicted molar refractivity (Wildman–Crippen MR) is 93.7 cm³/mol. The zero-order chi connectivity index (χ0) is 16.1. The van der Waals surface area contributed by atoms with Gasteiger partial charge in [-0.15, -0.1) is 11.3 Å². The van der Waals surface area contributed by atoms with Gasteiger partial charge in [0.15, 0.2) is 0 Å². The lowest BCUT2D eigenvalue weighted by molar-refractivity contribution is 0.0921. The van der Waals surface area contributed by atoms with Gasteiger partial charge in [0.2, 0.25) is 0 Å². The van der Waals surface area contributed by atoms with Gasteiger partial charge in [-0.25, -0.2) is 4.98 Å². The number of amides is 1. The van der Waals surface area contributed by atoms with Crippen LogP contribution in [0.3, 0.4) is 0 Å². The molecule has 1 aromatic heterocycles. The molecule has 0 aliphatic carbocycles. The van der Waals surface area contributed by atoms with E-state index >= 15 is 0 Å². The molecule has 1 atom stereocenters. The van der Waals surface area contributed by atoms with Crippen molar-refractivity contribution in [2.75, 3.05) is 11.5 Å². The van der Waals surface area contributed by atoms with Crippen molar-refractivity contribution in [3.63, 3.8) is 0 Å². The summed E-state index contributed by atoms with van der Waals surface area (Å²) in [6.45, 7) is 0. The number of nitriles is 1. The van der Waals surface area contributed by atoms with Gasteiger partial charge in [-0.2, -0.15) is 17.0 Å². The van der Waals surface area contributed by atoms with E-state index in [0.717, 1.165) is 23.6 Å². The molecule has 0 spiro atoms. The van der Waals surface area contributed by atoms with E-state index in [4.69, 9.17) is 0 Å². The van der Waals surface area contributed by atoms with E-state index in [-0.39, 0.29) is 5.91 Å². The third-order valence-corrected chi connectivity index (χ3v) is 5.94. The van der Waals surface area contributed by atoms with Crippen molar-refractivity contribution in [3.8, 4) is 6.07 Å². The number of hydrogen-bond donors (Lipinski definition) is 1. The van der Waals surface area contributed by atoms with Crippen molar-refractivity contribution in [2.24, 2.45) is 0 Å². The molecule has 1 fully saturated rings. The molecule has 1 aliphatic heterocycles. The number of hydrogen-bond acceptors (Lipinski definition) is 5. The molecule has 118 valence electrons. The fourth-order valence-corrected chi connectivity index (χ4v) is 4.53. The minimum Gasteiger partial charge on any atom is -0.332 e. The molecule has 1 amide bonds. The number of nitrogens with one attached hydrogen (secondary N) is 1. The molecule has 0 saturated carbocycles. The van der Waals surface area contributed by atoms with Crippen molar-refractivity contribution in [1.29, 1.82) is 5.26 Å². The van der Waals surface area contributed by atoms with Crippen LogP contribution in [0.2, 0.25) is 0 Å². The first-order valence-corrected chi connectivity index (χ1v) is 9.54. The Balaban J connectivity index is 1.60. The Hall–Kier alpha value is -1.84. The predicted octanol–water partition coefficient (Wildman–Crippen LogP) is 3.06. The van der Waals surface area contributed by atoms with Gasteiger partial charge < -0.3 is 5.32 Å². The highest BCUT2D eigenvalue weighted by Crippen LogP contribution is 2.27. The average Bonchev–Trinajstić information content (AvgIpc) is 3.24. The van der Waals surface area contributed by atoms with Gasteiger partial charge in [0.05, 0.1) is 11.1 Å². The molecule has 2 aromatic rings. The van der Waals surface area contributed by atoms with Gasteiger partial charge in [0.25, 0.3) is 5.91 Å². The van der Waals surface area contributed by atoms with Crippen LogP contribution in [-0.4, -0.2) is 27.9 Å². The lowest BCUT2D eigenvalue weighted by atomic mass is 10.0. The van der Waals surface area contributed by atoms with Crippen LogP contribution in [0, 0.1) is 11.3 Å². The molecule has 3 rings (SSSR count). The van der Waals surface area contributed by atoms with Gasteiger partial charge in [0.1, 0.15) is 11.2 Å². The largest absolute Gasteiger partial charge is 0.332 e. The van der Waals surface area contributed by atoms with Gasteiger partial charge >= 0.3 is 0 Å². The number of thiazole rings is 1. The fourth-order valence-electron chi connectivity index (χ4n) is 2.49. The topological polar surface area (TPSA) is 65.8 Å². The summed E-state index contributed by atoms with van der Waals surface area (Å²) >= 11 is 3.20. The van der Waals surface area contributed by atoms with Gasteiger partial charge in [0, 0.05) is 17.6 Å². The zero-order valence-corrected chi connectivity index (χ0v) is 14.3. The Kier molecular flexibility index (Phi) is 4.99. The van der Waals surface area contributed by atoms with Crippen molar-refractivity contribution in [2.45, 2.75) is 24.8 Å². The van der Waals surface area contributed by atoms with Crippen LogP contribution in [0.15, 0.2) is 35.7 Å². The summed E-state index contributed by atoms with van der Waals surface area (Å²) in [6.07, 6.45) is 2.43. The second-order valence-electron chi connectivity index (χ2n) is 5.56. The number of nitrogens with zero attached hydrogens (tertiary/aromatic N) is 2. The lowest BCUT2D eigenvalue weighted by Gasteiger charge is -2.20. The molecular weight excluding hydrogens is 326 g/mol. The molecular formula is C17H17N3OS2. The number of rotatable bonds is 5. The van der Waals surface area contributed by atoms with E-state index in [0.29, 0.717) is 17.9 Å². The molecule has 23 heavy (non-hydrogen) atoms. The van der Waals surface area contributed by atoms with Crippen molar-refractivity contribution < 1.29 is 4.79 Å². The van der Waals surface area contributed by atoms with Gasteiger partial charge in [-0.05, 0) is 24.2 Å². The molecule has 1 aromatic carbocycles. The van der Waals surface area contributed by atoms with Crippen LogP contribution in [0.4, 0.5) is 0 Å². The van der Waals surface area contributed by atoms with E-state index in [9.17, 15) is 10.1 Å². The minimum absolute atomic E-state index is 0.240. The van der Waals surface area contributed by atoms with Crippen molar-refractivity contribution in [3.05, 3.63) is 52.0 Å². The molecule has 2 heterocycles. The summed E-state index contributed by atoms with van der Waals surface area (Å²) in [4.78, 5) is 16.7. The maximum atomic E-state index is 12.3. The Bertz CT molecular complexity index is 715. The highest BCUT2D eigenvalue weighted by atomic mass is 32.2. The van der Waals surface area contributed by atoms with Crippen LogP contribution >= 0.6 is 23.1 Å². The molecule has 1 aliphatic rings. The quantitative estimate of drug-likeness (QED) is 0.906. The fraction of sp³-hybridized carbons (Fsp3) is 0.353. The molecule has 0 unspecified atom stereocenters. The molecule has 1 N–H and O–H groups in total. The number of aryl methyl sites for hydroxylation is 2. The Labute approximate surface area is 143 Å². The van der Waals surface area contributed by atoms with E-state index in [2.05, 4.69) is 28.5 Å². The number of aromatic nitrogens is 1. The van der Waals surface area contributed by atoms with Gasteiger partial charge in [-0.3, -0.25) is 4.79 Å². The Morgan fingerprint density at radius 2 is 2.17 bits per heavy atom. The minimum atomic E-state index is -0.727. The molecule has 0 bridgehead atoms. The molecule has 0 radical (unpaired) electrons. The molecule has 6 heteroatoms. The SMILES string of the molecule is N#C[C@]1(NC(=O)c2csc(CCc3ccccc3)n2)CCSC1. The standard InChI is InChI=1S/C17H17N3OS2/c18-11-17(8-9-22-12-17)20-16(21)14-10-23-15(19-14)7-6-13-4-2-1-3-5-13/h1-5,10H,6-9,12H2,(H,20,21)/t17-/m1/s1. The van der Waals surface area contributed by atoms with Crippen molar-refractivity contribution in [1.82, 2.24) is 10.3 Å². The highest BCUT2D eigenvalue weighted by molar-refractivity contribution is 7.99. The zero-order valence-electron chi connectivity index (χ0n) is 12.6. The number of carbonyl (C=O) groups excluding carboxylic acids is 1. The average molecular weight is 343 g/mol. The number of benzene rings is 1. The van der Waals surface area contributed by atoms with Crippen LogP contribution in [0.25, 0.3) is 0 Å². The van der Waals surface area contributed by atoms with Crippen molar-refractivity contribution >= 4 is 29.0 Å². The van der Waals surface area contributed by atoms with Crippen LogP contribution in [0.1, 0.15) is 27.5 Å². The van der Waals surface area contributed by atoms with Gasteiger partial charge in [-0.1, -0.05) is 30.3 Å². The normalized spacial score (nSPS) is 20.1. The second-order valence-corrected chi connectivity index (χ2v) is 7.61. The monoisotopic (exact) mass is 343 g/mol. The third-order valence-electron chi connectivity index (χ3n) is 3.84. The number of carbonyl (C=O) groups is 1. The highest BCUT2D eigenvalue weighted by Gasteiger charge is 2.36. The Morgan fingerprint density at radius 1 is 1.35 bits per heavy atom. The van der Waals surface area contributed by atoms with E-state index in [1.807, 2.05) is 18.2 Å². The summed E-state index contributed by atoms with van der Waals surface area (Å²) in [6, 6.07) is 12.5. The van der Waals surface area contributed by atoms with E-state index < -0.39 is 5.54 Å². The van der Waals surface area contributed by atoms with Crippen LogP contribution in [0.5, 0.6) is 0 Å². The number of thioether (sulfide) groups is 1. The smallest absolute Gasteiger partial charge is 0.272 e. The molecule has 4 nitrogen and oxygen atoms in total. The van der Waals surface area contributed by atoms with E-state index in [1.54, 1.807) is 17.1 Å². The summed E-state index contributed by atoms with van der Waals surface area (Å²) in [5.74, 6) is 1.32. The summed E-state index contributed by atoms with van der Waals surface area (Å²) in [5.41, 5.74) is 0.958. The van der Waals surface area contributed by atoms with Crippen LogP contribution in [-0.2, 0) is 12.8 Å².